The lowest BCUT2D eigenvalue weighted by Gasteiger charge is -2.09. The second-order valence-corrected chi connectivity index (χ2v) is 3.75. The Hall–Kier alpha value is -2.08. The van der Waals surface area contributed by atoms with Gasteiger partial charge < -0.3 is 10.5 Å². The molecule has 0 radical (unpaired) electrons. The Morgan fingerprint density at radius 1 is 1.26 bits per heavy atom. The average Bonchev–Trinajstić information content (AvgIpc) is 2.43. The van der Waals surface area contributed by atoms with E-state index in [9.17, 15) is 9.59 Å². The molecule has 0 saturated heterocycles. The first-order valence-corrected chi connectivity index (χ1v) is 5.98. The molecule has 0 heterocycles. The molecule has 6 nitrogen and oxygen atoms in total. The van der Waals surface area contributed by atoms with Crippen LogP contribution in [0.2, 0.25) is 0 Å². The summed E-state index contributed by atoms with van der Waals surface area (Å²) in [5.74, 6) is -0.726. The number of esters is 1. The van der Waals surface area contributed by atoms with E-state index in [-0.39, 0.29) is 12.8 Å². The van der Waals surface area contributed by atoms with Crippen molar-refractivity contribution in [2.75, 3.05) is 6.61 Å². The largest absolute Gasteiger partial charge is 0.466 e. The minimum absolute atomic E-state index is 0.0649. The van der Waals surface area contributed by atoms with Crippen molar-refractivity contribution >= 4 is 11.9 Å². The van der Waals surface area contributed by atoms with Gasteiger partial charge in [-0.3, -0.25) is 9.68 Å². The van der Waals surface area contributed by atoms with Gasteiger partial charge in [-0.2, -0.15) is 0 Å². The van der Waals surface area contributed by atoms with Crippen LogP contribution < -0.4 is 10.6 Å². The van der Waals surface area contributed by atoms with Crippen LogP contribution in [-0.4, -0.2) is 24.6 Å². The molecule has 1 atom stereocenters. The van der Waals surface area contributed by atoms with E-state index in [2.05, 4.69) is 4.89 Å². The van der Waals surface area contributed by atoms with Crippen LogP contribution in [0.4, 0.5) is 0 Å². The van der Waals surface area contributed by atoms with Crippen molar-refractivity contribution in [2.45, 2.75) is 25.8 Å². The predicted molar refractivity (Wildman–Crippen MR) is 67.0 cm³/mol. The van der Waals surface area contributed by atoms with Gasteiger partial charge in [0.25, 0.3) is 0 Å². The third-order valence-electron chi connectivity index (χ3n) is 2.23. The van der Waals surface area contributed by atoms with Gasteiger partial charge in [-0.1, -0.05) is 18.2 Å². The number of hydrogen-bond donors (Lipinski definition) is 1. The maximum Gasteiger partial charge on any atom is 0.371 e. The quantitative estimate of drug-likeness (QED) is 0.453. The number of nitrogens with two attached hydrogens (primary N) is 1. The fourth-order valence-electron chi connectivity index (χ4n) is 1.25. The highest BCUT2D eigenvalue weighted by molar-refractivity contribution is 5.76. The SMILES string of the molecule is CCOC(=O)CC[C@H](N)C(=O)OOc1ccccc1. The first kappa shape index (κ1) is 15.0. The Labute approximate surface area is 111 Å². The molecule has 19 heavy (non-hydrogen) atoms. The summed E-state index contributed by atoms with van der Waals surface area (Å²) in [6, 6.07) is 7.63. The molecular weight excluding hydrogens is 250 g/mol. The number of rotatable bonds is 7. The summed E-state index contributed by atoms with van der Waals surface area (Å²) in [5.41, 5.74) is 5.56. The lowest BCUT2D eigenvalue weighted by atomic mass is 10.2. The minimum atomic E-state index is -0.923. The van der Waals surface area contributed by atoms with Crippen LogP contribution in [0.1, 0.15) is 19.8 Å². The Morgan fingerprint density at radius 3 is 2.58 bits per heavy atom. The molecule has 0 spiro atoms. The standard InChI is InChI=1S/C13H17NO5/c1-2-17-12(15)9-8-11(14)13(16)19-18-10-6-4-3-5-7-10/h3-7,11H,2,8-9,14H2,1H3/t11-/m0/s1. The number of para-hydroxylation sites is 1. The molecular formula is C13H17NO5. The molecule has 0 aliphatic rings. The summed E-state index contributed by atoms with van der Waals surface area (Å²) >= 11 is 0. The molecule has 0 aliphatic heterocycles. The normalized spacial score (nSPS) is 11.5. The number of benzene rings is 1. The molecule has 0 bridgehead atoms. The van der Waals surface area contributed by atoms with E-state index in [0.717, 1.165) is 0 Å². The first-order chi connectivity index (χ1) is 9.13. The molecule has 0 amide bonds. The maximum absolute atomic E-state index is 11.5. The van der Waals surface area contributed by atoms with Gasteiger partial charge in [0.05, 0.1) is 6.61 Å². The number of carbonyl (C=O) groups is 2. The van der Waals surface area contributed by atoms with E-state index in [1.807, 2.05) is 0 Å². The Balaban J connectivity index is 2.27. The van der Waals surface area contributed by atoms with Crippen LogP contribution >= 0.6 is 0 Å². The molecule has 0 fully saturated rings. The topological polar surface area (TPSA) is 87.9 Å². The lowest BCUT2D eigenvalue weighted by molar-refractivity contribution is -0.215. The van der Waals surface area contributed by atoms with Crippen LogP contribution in [0.5, 0.6) is 5.75 Å². The first-order valence-electron chi connectivity index (χ1n) is 5.98. The van der Waals surface area contributed by atoms with Crippen molar-refractivity contribution in [3.63, 3.8) is 0 Å². The zero-order valence-corrected chi connectivity index (χ0v) is 10.7. The van der Waals surface area contributed by atoms with Gasteiger partial charge in [0.1, 0.15) is 6.04 Å². The monoisotopic (exact) mass is 267 g/mol. The molecule has 1 aromatic rings. The fraction of sp³-hybridized carbons (Fsp3) is 0.385. The fourth-order valence-corrected chi connectivity index (χ4v) is 1.25. The summed E-state index contributed by atoms with van der Waals surface area (Å²) in [6.45, 7) is 2.01. The van der Waals surface area contributed by atoms with Crippen molar-refractivity contribution in [3.05, 3.63) is 30.3 Å². The summed E-state index contributed by atoms with van der Waals surface area (Å²) in [5, 5.41) is 0. The van der Waals surface area contributed by atoms with Crippen molar-refractivity contribution in [1.29, 1.82) is 0 Å². The molecule has 104 valence electrons. The van der Waals surface area contributed by atoms with Gasteiger partial charge >= 0.3 is 11.9 Å². The summed E-state index contributed by atoms with van der Waals surface area (Å²) in [6.07, 6.45) is 0.214. The van der Waals surface area contributed by atoms with E-state index in [1.165, 1.54) is 0 Å². The Kier molecular flexibility index (Phi) is 6.38. The number of hydrogen-bond acceptors (Lipinski definition) is 6. The van der Waals surface area contributed by atoms with Crippen molar-refractivity contribution in [3.8, 4) is 5.75 Å². The molecule has 0 unspecified atom stereocenters. The van der Waals surface area contributed by atoms with Crippen LogP contribution in [0.25, 0.3) is 0 Å². The maximum atomic E-state index is 11.5. The third-order valence-corrected chi connectivity index (χ3v) is 2.23. The predicted octanol–water partition coefficient (Wildman–Crippen LogP) is 1.19. The molecule has 6 heteroatoms. The van der Waals surface area contributed by atoms with E-state index in [1.54, 1.807) is 37.3 Å². The number of ether oxygens (including phenoxy) is 1. The second-order valence-electron chi connectivity index (χ2n) is 3.75. The van der Waals surface area contributed by atoms with Crippen LogP contribution in [0.3, 0.4) is 0 Å². The van der Waals surface area contributed by atoms with Gasteiger partial charge in [-0.25, -0.2) is 9.68 Å². The van der Waals surface area contributed by atoms with Gasteiger partial charge in [0.15, 0.2) is 5.75 Å². The van der Waals surface area contributed by atoms with Crippen molar-refractivity contribution < 1.29 is 24.1 Å². The molecule has 0 saturated carbocycles. The van der Waals surface area contributed by atoms with Crippen molar-refractivity contribution in [2.24, 2.45) is 5.73 Å². The van der Waals surface area contributed by atoms with Gasteiger partial charge in [0, 0.05) is 6.42 Å². The van der Waals surface area contributed by atoms with Gasteiger partial charge in [-0.05, 0) is 25.5 Å². The summed E-state index contributed by atoms with van der Waals surface area (Å²) < 4.78 is 4.72. The van der Waals surface area contributed by atoms with Gasteiger partial charge in [-0.15, -0.1) is 0 Å². The summed E-state index contributed by atoms with van der Waals surface area (Å²) in [7, 11) is 0. The molecule has 1 rings (SSSR count). The van der Waals surface area contributed by atoms with E-state index in [0.29, 0.717) is 12.4 Å². The molecule has 2 N–H and O–H groups in total. The summed E-state index contributed by atoms with van der Waals surface area (Å²) in [4.78, 5) is 31.9. The molecule has 0 aromatic heterocycles. The molecule has 0 aliphatic carbocycles. The third kappa shape index (κ3) is 5.87. The highest BCUT2D eigenvalue weighted by atomic mass is 17.2. The highest BCUT2D eigenvalue weighted by Crippen LogP contribution is 2.09. The lowest BCUT2D eigenvalue weighted by Crippen LogP contribution is -2.33. The highest BCUT2D eigenvalue weighted by Gasteiger charge is 2.18. The average molecular weight is 267 g/mol. The van der Waals surface area contributed by atoms with Crippen LogP contribution in [0, 0.1) is 0 Å². The zero-order valence-electron chi connectivity index (χ0n) is 10.7. The molecule has 1 aromatic carbocycles. The Morgan fingerprint density at radius 2 is 1.95 bits per heavy atom. The van der Waals surface area contributed by atoms with E-state index >= 15 is 0 Å². The second kappa shape index (κ2) is 8.10. The van der Waals surface area contributed by atoms with Crippen LogP contribution in [0.15, 0.2) is 30.3 Å². The van der Waals surface area contributed by atoms with E-state index < -0.39 is 18.0 Å². The Bertz CT molecular complexity index is 407. The minimum Gasteiger partial charge on any atom is -0.466 e. The van der Waals surface area contributed by atoms with Crippen LogP contribution in [-0.2, 0) is 19.2 Å². The number of carbonyl (C=O) groups excluding carboxylic acids is 2. The zero-order chi connectivity index (χ0) is 14.1. The van der Waals surface area contributed by atoms with Gasteiger partial charge in [0.2, 0.25) is 0 Å². The van der Waals surface area contributed by atoms with Crippen molar-refractivity contribution in [1.82, 2.24) is 0 Å². The van der Waals surface area contributed by atoms with E-state index in [4.69, 9.17) is 15.4 Å². The smallest absolute Gasteiger partial charge is 0.371 e.